The SMILES string of the molecule is CN=C(NCc1ccccc1)NCC(CC(C)C)N(C)C.I. The van der Waals surface area contributed by atoms with E-state index >= 15 is 0 Å². The summed E-state index contributed by atoms with van der Waals surface area (Å²) < 4.78 is 0. The molecule has 0 aromatic heterocycles. The lowest BCUT2D eigenvalue weighted by molar-refractivity contribution is 0.254. The largest absolute Gasteiger partial charge is 0.355 e. The molecule has 4 nitrogen and oxygen atoms in total. The van der Waals surface area contributed by atoms with E-state index in [0.29, 0.717) is 12.0 Å². The van der Waals surface area contributed by atoms with Crippen LogP contribution in [0.25, 0.3) is 0 Å². The molecule has 1 aromatic rings. The van der Waals surface area contributed by atoms with Gasteiger partial charge in [-0.25, -0.2) is 0 Å². The van der Waals surface area contributed by atoms with Gasteiger partial charge in [0.15, 0.2) is 5.96 Å². The van der Waals surface area contributed by atoms with E-state index in [9.17, 15) is 0 Å². The average molecular weight is 418 g/mol. The summed E-state index contributed by atoms with van der Waals surface area (Å²) in [5.41, 5.74) is 1.26. The number of benzene rings is 1. The number of halogens is 1. The minimum atomic E-state index is 0. The summed E-state index contributed by atoms with van der Waals surface area (Å²) in [4.78, 5) is 6.56. The Balaban J connectivity index is 0.00000441. The van der Waals surface area contributed by atoms with Crippen LogP contribution < -0.4 is 10.6 Å². The molecule has 0 bridgehead atoms. The van der Waals surface area contributed by atoms with Gasteiger partial charge in [0.2, 0.25) is 0 Å². The Morgan fingerprint density at radius 1 is 1.14 bits per heavy atom. The highest BCUT2D eigenvalue weighted by atomic mass is 127. The fourth-order valence-electron chi connectivity index (χ4n) is 2.24. The normalized spacial score (nSPS) is 13.0. The van der Waals surface area contributed by atoms with Crippen LogP contribution in [0.1, 0.15) is 25.8 Å². The summed E-state index contributed by atoms with van der Waals surface area (Å²) in [7, 11) is 6.08. The van der Waals surface area contributed by atoms with Gasteiger partial charge in [0, 0.05) is 26.2 Å². The van der Waals surface area contributed by atoms with Gasteiger partial charge < -0.3 is 15.5 Å². The van der Waals surface area contributed by atoms with E-state index in [2.05, 4.69) is 72.7 Å². The van der Waals surface area contributed by atoms with Gasteiger partial charge >= 0.3 is 0 Å². The van der Waals surface area contributed by atoms with Crippen LogP contribution in [-0.4, -0.2) is 44.6 Å². The van der Waals surface area contributed by atoms with Gasteiger partial charge in [-0.3, -0.25) is 4.99 Å². The lowest BCUT2D eigenvalue weighted by atomic mass is 10.0. The Morgan fingerprint density at radius 3 is 2.27 bits per heavy atom. The van der Waals surface area contributed by atoms with E-state index in [1.807, 2.05) is 13.1 Å². The first-order chi connectivity index (χ1) is 10.0. The molecule has 0 saturated carbocycles. The summed E-state index contributed by atoms with van der Waals surface area (Å²) in [6.45, 7) is 6.22. The first-order valence-electron chi connectivity index (χ1n) is 7.67. The van der Waals surface area contributed by atoms with Gasteiger partial charge in [0.1, 0.15) is 0 Å². The molecule has 5 heteroatoms. The van der Waals surface area contributed by atoms with Gasteiger partial charge in [0.25, 0.3) is 0 Å². The standard InChI is InChI=1S/C17H30N4.HI/c1-14(2)11-16(21(4)5)13-20-17(18-3)19-12-15-9-7-6-8-10-15;/h6-10,14,16H,11-13H2,1-5H3,(H2,18,19,20);1H. The van der Waals surface area contributed by atoms with E-state index in [0.717, 1.165) is 19.0 Å². The van der Waals surface area contributed by atoms with Crippen molar-refractivity contribution in [3.63, 3.8) is 0 Å². The van der Waals surface area contributed by atoms with Crippen molar-refractivity contribution in [1.82, 2.24) is 15.5 Å². The third-order valence-electron chi connectivity index (χ3n) is 3.51. The first kappa shape index (κ1) is 21.2. The van der Waals surface area contributed by atoms with E-state index in [-0.39, 0.29) is 24.0 Å². The molecule has 126 valence electrons. The number of guanidine groups is 1. The van der Waals surface area contributed by atoms with Gasteiger partial charge in [-0.05, 0) is 32.0 Å². The van der Waals surface area contributed by atoms with Crippen molar-refractivity contribution in [2.45, 2.75) is 32.9 Å². The van der Waals surface area contributed by atoms with Crippen molar-refractivity contribution in [1.29, 1.82) is 0 Å². The predicted molar refractivity (Wildman–Crippen MR) is 107 cm³/mol. The Kier molecular flexibility index (Phi) is 11.3. The first-order valence-corrected chi connectivity index (χ1v) is 7.67. The molecule has 0 aliphatic rings. The van der Waals surface area contributed by atoms with E-state index in [1.165, 1.54) is 12.0 Å². The molecule has 2 N–H and O–H groups in total. The van der Waals surface area contributed by atoms with Gasteiger partial charge in [-0.2, -0.15) is 0 Å². The second-order valence-electron chi connectivity index (χ2n) is 6.04. The second kappa shape index (κ2) is 11.7. The number of rotatable bonds is 7. The summed E-state index contributed by atoms with van der Waals surface area (Å²) in [5, 5.41) is 6.78. The molecule has 22 heavy (non-hydrogen) atoms. The van der Waals surface area contributed by atoms with Crippen LogP contribution in [0.4, 0.5) is 0 Å². The highest BCUT2D eigenvalue weighted by Crippen LogP contribution is 2.08. The monoisotopic (exact) mass is 418 g/mol. The van der Waals surface area contributed by atoms with Crippen LogP contribution >= 0.6 is 24.0 Å². The lowest BCUT2D eigenvalue weighted by Crippen LogP contribution is -2.45. The summed E-state index contributed by atoms with van der Waals surface area (Å²) in [6.07, 6.45) is 1.18. The van der Waals surface area contributed by atoms with Crippen molar-refractivity contribution in [2.75, 3.05) is 27.7 Å². The Labute approximate surface area is 152 Å². The number of hydrogen-bond donors (Lipinski definition) is 2. The molecular weight excluding hydrogens is 387 g/mol. The van der Waals surface area contributed by atoms with Crippen molar-refractivity contribution in [3.05, 3.63) is 35.9 Å². The second-order valence-corrected chi connectivity index (χ2v) is 6.04. The average Bonchev–Trinajstić information content (AvgIpc) is 2.46. The predicted octanol–water partition coefficient (Wildman–Crippen LogP) is 2.95. The third kappa shape index (κ3) is 8.58. The summed E-state index contributed by atoms with van der Waals surface area (Å²) in [5.74, 6) is 1.55. The van der Waals surface area contributed by atoms with Gasteiger partial charge in [-0.15, -0.1) is 24.0 Å². The van der Waals surface area contributed by atoms with Gasteiger partial charge in [-0.1, -0.05) is 44.2 Å². The van der Waals surface area contributed by atoms with Crippen LogP contribution in [-0.2, 0) is 6.54 Å². The van der Waals surface area contributed by atoms with Crippen molar-refractivity contribution in [2.24, 2.45) is 10.9 Å². The Bertz CT molecular complexity index is 418. The molecule has 0 radical (unpaired) electrons. The minimum absolute atomic E-state index is 0. The molecule has 0 aliphatic heterocycles. The molecule has 0 amide bonds. The zero-order valence-electron chi connectivity index (χ0n) is 14.5. The molecule has 0 aliphatic carbocycles. The fraction of sp³-hybridized carbons (Fsp3) is 0.588. The van der Waals surface area contributed by atoms with E-state index in [4.69, 9.17) is 0 Å². The summed E-state index contributed by atoms with van der Waals surface area (Å²) in [6, 6.07) is 10.9. The number of aliphatic imine (C=N–C) groups is 1. The number of nitrogens with one attached hydrogen (secondary N) is 2. The molecule has 0 fully saturated rings. The molecule has 1 aromatic carbocycles. The number of hydrogen-bond acceptors (Lipinski definition) is 2. The van der Waals surface area contributed by atoms with Crippen LogP contribution in [0, 0.1) is 5.92 Å². The molecule has 0 saturated heterocycles. The van der Waals surface area contributed by atoms with Crippen molar-refractivity contribution in [3.8, 4) is 0 Å². The highest BCUT2D eigenvalue weighted by Gasteiger charge is 2.13. The summed E-state index contributed by atoms with van der Waals surface area (Å²) >= 11 is 0. The van der Waals surface area contributed by atoms with E-state index < -0.39 is 0 Å². The quantitative estimate of drug-likeness (QED) is 0.407. The fourth-order valence-corrected chi connectivity index (χ4v) is 2.24. The maximum Gasteiger partial charge on any atom is 0.191 e. The number of nitrogens with zero attached hydrogens (tertiary/aromatic N) is 2. The van der Waals surface area contributed by atoms with E-state index in [1.54, 1.807) is 0 Å². The van der Waals surface area contributed by atoms with Gasteiger partial charge in [0.05, 0.1) is 0 Å². The van der Waals surface area contributed by atoms with Crippen molar-refractivity contribution >= 4 is 29.9 Å². The van der Waals surface area contributed by atoms with Crippen LogP contribution in [0.3, 0.4) is 0 Å². The number of likely N-dealkylation sites (N-methyl/N-ethyl adjacent to an activating group) is 1. The molecule has 1 atom stereocenters. The molecule has 0 spiro atoms. The third-order valence-corrected chi connectivity index (χ3v) is 3.51. The highest BCUT2D eigenvalue weighted by molar-refractivity contribution is 14.0. The maximum atomic E-state index is 4.29. The Hall–Kier alpha value is -0.820. The van der Waals surface area contributed by atoms with Crippen LogP contribution in [0.15, 0.2) is 35.3 Å². The zero-order chi connectivity index (χ0) is 15.7. The molecule has 1 rings (SSSR count). The molecule has 0 heterocycles. The topological polar surface area (TPSA) is 39.7 Å². The Morgan fingerprint density at radius 2 is 1.77 bits per heavy atom. The minimum Gasteiger partial charge on any atom is -0.355 e. The maximum absolute atomic E-state index is 4.29. The lowest BCUT2D eigenvalue weighted by Gasteiger charge is -2.27. The molecule has 1 unspecified atom stereocenters. The zero-order valence-corrected chi connectivity index (χ0v) is 16.8. The smallest absolute Gasteiger partial charge is 0.191 e. The van der Waals surface area contributed by atoms with Crippen LogP contribution in [0.2, 0.25) is 0 Å². The van der Waals surface area contributed by atoms with Crippen LogP contribution in [0.5, 0.6) is 0 Å². The molecular formula is C17H31IN4. The van der Waals surface area contributed by atoms with Crippen molar-refractivity contribution < 1.29 is 0 Å².